The van der Waals surface area contributed by atoms with Crippen molar-refractivity contribution in [2.45, 2.75) is 0 Å². The average molecular weight is 208 g/mol. The van der Waals surface area contributed by atoms with Gasteiger partial charge < -0.3 is 5.73 Å². The minimum Gasteiger partial charge on any atom is -0.375 e. The Hall–Kier alpha value is -1.82. The summed E-state index contributed by atoms with van der Waals surface area (Å²) < 4.78 is 1.55. The fourth-order valence-corrected chi connectivity index (χ4v) is 1.52. The summed E-state index contributed by atoms with van der Waals surface area (Å²) in [5, 5.41) is 2.01. The Morgan fingerprint density at radius 2 is 2.21 bits per heavy atom. The molecule has 0 saturated carbocycles. The molecule has 2 aromatic heterocycles. The first-order valence-corrected chi connectivity index (χ1v) is 4.79. The molecule has 2 aromatic rings. The van der Waals surface area contributed by atoms with Crippen LogP contribution in [0.25, 0.3) is 0 Å². The molecule has 3 N–H and O–H groups in total. The van der Waals surface area contributed by atoms with Crippen LogP contribution >= 0.6 is 11.3 Å². The van der Waals surface area contributed by atoms with Crippen LogP contribution < -0.4 is 11.2 Å². The number of aromatic nitrogens is 2. The summed E-state index contributed by atoms with van der Waals surface area (Å²) in [6.07, 6.45) is 3.46. The highest BCUT2D eigenvalue weighted by molar-refractivity contribution is 7.13. The van der Waals surface area contributed by atoms with Gasteiger partial charge in [0.25, 0.3) is 5.91 Å². The molecule has 0 saturated heterocycles. The molecule has 0 aliphatic carbocycles. The molecule has 72 valence electrons. The summed E-state index contributed by atoms with van der Waals surface area (Å²) >= 11 is 1.24. The van der Waals surface area contributed by atoms with Crippen molar-refractivity contribution >= 4 is 22.4 Å². The molecule has 0 aliphatic rings. The molecule has 14 heavy (non-hydrogen) atoms. The van der Waals surface area contributed by atoms with Gasteiger partial charge in [-0.1, -0.05) is 0 Å². The Labute approximate surface area is 84.2 Å². The Kier molecular flexibility index (Phi) is 2.19. The maximum Gasteiger partial charge on any atom is 0.289 e. The molecular formula is C8H8N4OS. The van der Waals surface area contributed by atoms with Gasteiger partial charge >= 0.3 is 0 Å². The number of nitrogens with one attached hydrogen (secondary N) is 1. The monoisotopic (exact) mass is 208 g/mol. The molecule has 0 unspecified atom stereocenters. The van der Waals surface area contributed by atoms with Crippen molar-refractivity contribution in [1.29, 1.82) is 0 Å². The van der Waals surface area contributed by atoms with Gasteiger partial charge in [0.05, 0.1) is 0 Å². The summed E-state index contributed by atoms with van der Waals surface area (Å²) in [6, 6.07) is 3.63. The van der Waals surface area contributed by atoms with Crippen LogP contribution in [-0.4, -0.2) is 15.6 Å². The number of nitrogen functional groups attached to an aromatic ring is 1. The molecular weight excluding hydrogens is 200 g/mol. The Morgan fingerprint density at radius 3 is 2.79 bits per heavy atom. The minimum absolute atomic E-state index is 0.269. The largest absolute Gasteiger partial charge is 0.375 e. The third-order valence-electron chi connectivity index (χ3n) is 1.59. The molecule has 0 spiro atoms. The predicted molar refractivity (Wildman–Crippen MR) is 54.6 cm³/mol. The summed E-state index contributed by atoms with van der Waals surface area (Å²) in [7, 11) is 0. The maximum atomic E-state index is 11.5. The smallest absolute Gasteiger partial charge is 0.289 e. The zero-order chi connectivity index (χ0) is 9.97. The van der Waals surface area contributed by atoms with Gasteiger partial charge in [-0.15, -0.1) is 11.3 Å². The van der Waals surface area contributed by atoms with E-state index in [9.17, 15) is 4.79 Å². The van der Waals surface area contributed by atoms with Gasteiger partial charge in [0.1, 0.15) is 5.69 Å². The van der Waals surface area contributed by atoms with Gasteiger partial charge in [0.15, 0.2) is 5.13 Å². The maximum absolute atomic E-state index is 11.5. The lowest BCUT2D eigenvalue weighted by molar-refractivity contribution is 0.100. The molecule has 0 bridgehead atoms. The van der Waals surface area contributed by atoms with Crippen molar-refractivity contribution in [3.8, 4) is 0 Å². The lowest BCUT2D eigenvalue weighted by Gasteiger charge is -2.02. The van der Waals surface area contributed by atoms with E-state index in [1.54, 1.807) is 22.4 Å². The number of amides is 1. The molecule has 0 fully saturated rings. The first-order valence-electron chi connectivity index (χ1n) is 3.91. The topological polar surface area (TPSA) is 72.9 Å². The van der Waals surface area contributed by atoms with Crippen molar-refractivity contribution < 1.29 is 4.79 Å². The number of thiazole rings is 1. The van der Waals surface area contributed by atoms with Crippen LogP contribution in [0.4, 0.5) is 5.13 Å². The number of hydrogen-bond donors (Lipinski definition) is 2. The number of anilines is 1. The summed E-state index contributed by atoms with van der Waals surface area (Å²) in [6.45, 7) is 0. The third kappa shape index (κ3) is 1.74. The zero-order valence-corrected chi connectivity index (χ0v) is 7.99. The molecule has 0 aliphatic heterocycles. The van der Waals surface area contributed by atoms with E-state index in [1.807, 2.05) is 12.1 Å². The molecule has 0 atom stereocenters. The van der Waals surface area contributed by atoms with E-state index in [0.717, 1.165) is 0 Å². The fraction of sp³-hybridized carbons (Fsp3) is 0. The number of rotatable bonds is 2. The molecule has 0 radical (unpaired) electrons. The van der Waals surface area contributed by atoms with Crippen LogP contribution in [0.5, 0.6) is 0 Å². The van der Waals surface area contributed by atoms with Crippen molar-refractivity contribution in [1.82, 2.24) is 9.66 Å². The SMILES string of the molecule is Nc1nc(C(=O)Nn2cccc2)cs1. The van der Waals surface area contributed by atoms with Crippen molar-refractivity contribution in [3.63, 3.8) is 0 Å². The Balaban J connectivity index is 2.10. The van der Waals surface area contributed by atoms with E-state index in [1.165, 1.54) is 11.3 Å². The van der Waals surface area contributed by atoms with E-state index in [4.69, 9.17) is 5.73 Å². The van der Waals surface area contributed by atoms with E-state index in [-0.39, 0.29) is 5.91 Å². The van der Waals surface area contributed by atoms with Crippen LogP contribution in [-0.2, 0) is 0 Å². The molecule has 6 heteroatoms. The van der Waals surface area contributed by atoms with Crippen LogP contribution in [0.15, 0.2) is 29.9 Å². The Morgan fingerprint density at radius 1 is 1.50 bits per heavy atom. The number of nitrogens with zero attached hydrogens (tertiary/aromatic N) is 2. The van der Waals surface area contributed by atoms with Crippen molar-refractivity contribution in [3.05, 3.63) is 35.6 Å². The normalized spacial score (nSPS) is 10.0. The van der Waals surface area contributed by atoms with Crippen LogP contribution in [0.1, 0.15) is 10.5 Å². The van der Waals surface area contributed by atoms with Gasteiger partial charge in [-0.2, -0.15) is 0 Å². The van der Waals surface area contributed by atoms with Gasteiger partial charge in [0, 0.05) is 17.8 Å². The molecule has 5 nitrogen and oxygen atoms in total. The van der Waals surface area contributed by atoms with Crippen LogP contribution in [0, 0.1) is 0 Å². The quantitative estimate of drug-likeness (QED) is 0.770. The summed E-state index contributed by atoms with van der Waals surface area (Å²) in [5.74, 6) is -0.269. The first-order chi connectivity index (χ1) is 6.75. The second kappa shape index (κ2) is 3.51. The minimum atomic E-state index is -0.269. The van der Waals surface area contributed by atoms with Gasteiger partial charge in [-0.25, -0.2) is 4.98 Å². The highest BCUT2D eigenvalue weighted by Gasteiger charge is 2.08. The summed E-state index contributed by atoms with van der Waals surface area (Å²) in [4.78, 5) is 15.3. The van der Waals surface area contributed by atoms with Crippen LogP contribution in [0.2, 0.25) is 0 Å². The van der Waals surface area contributed by atoms with Crippen molar-refractivity contribution in [2.24, 2.45) is 0 Å². The van der Waals surface area contributed by atoms with Gasteiger partial charge in [-0.05, 0) is 12.1 Å². The van der Waals surface area contributed by atoms with E-state index in [0.29, 0.717) is 10.8 Å². The zero-order valence-electron chi connectivity index (χ0n) is 7.18. The highest BCUT2D eigenvalue weighted by atomic mass is 32.1. The molecule has 0 aromatic carbocycles. The molecule has 2 heterocycles. The van der Waals surface area contributed by atoms with Crippen molar-refractivity contribution in [2.75, 3.05) is 11.2 Å². The third-order valence-corrected chi connectivity index (χ3v) is 2.26. The predicted octanol–water partition coefficient (Wildman–Crippen LogP) is 0.911. The van der Waals surface area contributed by atoms with Crippen LogP contribution in [0.3, 0.4) is 0 Å². The van der Waals surface area contributed by atoms with E-state index < -0.39 is 0 Å². The molecule has 1 amide bonds. The number of hydrogen-bond acceptors (Lipinski definition) is 4. The Bertz CT molecular complexity index is 434. The number of carbonyl (C=O) groups is 1. The van der Waals surface area contributed by atoms with Gasteiger partial charge in [-0.3, -0.25) is 14.9 Å². The number of carbonyl (C=O) groups excluding carboxylic acids is 1. The van der Waals surface area contributed by atoms with E-state index in [2.05, 4.69) is 10.4 Å². The summed E-state index contributed by atoms with van der Waals surface area (Å²) in [5.41, 5.74) is 8.36. The first kappa shape index (κ1) is 8.76. The van der Waals surface area contributed by atoms with E-state index >= 15 is 0 Å². The lowest BCUT2D eigenvalue weighted by Crippen LogP contribution is -2.21. The second-order valence-electron chi connectivity index (χ2n) is 2.60. The second-order valence-corrected chi connectivity index (χ2v) is 3.49. The fourth-order valence-electron chi connectivity index (χ4n) is 0.975. The molecule has 2 rings (SSSR count). The standard InChI is InChI=1S/C8H8N4OS/c9-8-10-6(5-14-8)7(13)11-12-3-1-2-4-12/h1-5H,(H2,9,10)(H,11,13). The number of nitrogens with two attached hydrogens (primary N) is 1. The van der Waals surface area contributed by atoms with Gasteiger partial charge in [0.2, 0.25) is 0 Å². The average Bonchev–Trinajstić information content (AvgIpc) is 2.75. The highest BCUT2D eigenvalue weighted by Crippen LogP contribution is 2.10. The lowest BCUT2D eigenvalue weighted by atomic mass is 10.5.